The maximum Gasteiger partial charge on any atom is 0.257 e. The Kier molecular flexibility index (Phi) is 9.53. The van der Waals surface area contributed by atoms with Gasteiger partial charge in [-0.05, 0) is 67.2 Å². The van der Waals surface area contributed by atoms with Gasteiger partial charge in [0.2, 0.25) is 15.9 Å². The molecule has 0 spiro atoms. The standard InChI is InChI=1S/C22H26N4O7S3/c1-2-33-18-6-10-19(11-7-18)35(28,29)25-24-22(34)23-21(27)12-5-17-3-8-20(9-4-17)36(30,31)26-13-15-32-16-14-26/h3-12,25H,2,13-16H2,1H3,(H2,23,24,27,34). The Balaban J connectivity index is 1.50. The molecule has 1 fully saturated rings. The van der Waals surface area contributed by atoms with Gasteiger partial charge >= 0.3 is 0 Å². The van der Waals surface area contributed by atoms with E-state index < -0.39 is 26.0 Å². The van der Waals surface area contributed by atoms with E-state index in [1.165, 1.54) is 52.9 Å². The number of benzene rings is 2. The van der Waals surface area contributed by atoms with E-state index in [4.69, 9.17) is 21.7 Å². The van der Waals surface area contributed by atoms with Crippen LogP contribution in [-0.4, -0.2) is 65.1 Å². The van der Waals surface area contributed by atoms with Crippen LogP contribution in [0.1, 0.15) is 12.5 Å². The summed E-state index contributed by atoms with van der Waals surface area (Å²) in [4.78, 5) is 14.3. The van der Waals surface area contributed by atoms with Crippen molar-refractivity contribution < 1.29 is 31.1 Å². The van der Waals surface area contributed by atoms with Gasteiger partial charge in [-0.3, -0.25) is 15.5 Å². The molecule has 1 aliphatic heterocycles. The smallest absolute Gasteiger partial charge is 0.257 e. The van der Waals surface area contributed by atoms with Gasteiger partial charge in [-0.15, -0.1) is 4.83 Å². The largest absolute Gasteiger partial charge is 0.494 e. The molecule has 11 nitrogen and oxygen atoms in total. The molecule has 0 unspecified atom stereocenters. The van der Waals surface area contributed by atoms with Gasteiger partial charge in [0.25, 0.3) is 10.0 Å². The molecule has 0 aliphatic carbocycles. The molecule has 1 heterocycles. The quantitative estimate of drug-likeness (QED) is 0.235. The van der Waals surface area contributed by atoms with Crippen molar-refractivity contribution in [3.05, 3.63) is 60.2 Å². The molecule has 0 radical (unpaired) electrons. The predicted octanol–water partition coefficient (Wildman–Crippen LogP) is 1.00. The zero-order chi connectivity index (χ0) is 26.2. The monoisotopic (exact) mass is 554 g/mol. The van der Waals surface area contributed by atoms with Gasteiger partial charge in [0.05, 0.1) is 29.6 Å². The van der Waals surface area contributed by atoms with Gasteiger partial charge in [0.15, 0.2) is 5.11 Å². The van der Waals surface area contributed by atoms with Crippen LogP contribution < -0.4 is 20.3 Å². The van der Waals surface area contributed by atoms with Gasteiger partial charge in [-0.2, -0.15) is 4.31 Å². The summed E-state index contributed by atoms with van der Waals surface area (Å²) in [5.41, 5.74) is 2.85. The molecule has 0 bridgehead atoms. The van der Waals surface area contributed by atoms with Crippen molar-refractivity contribution >= 4 is 49.4 Å². The summed E-state index contributed by atoms with van der Waals surface area (Å²) in [6.45, 7) is 3.58. The lowest BCUT2D eigenvalue weighted by atomic mass is 10.2. The third-order valence-corrected chi connectivity index (χ3v) is 8.28. The molecular weight excluding hydrogens is 528 g/mol. The van der Waals surface area contributed by atoms with Crippen LogP contribution in [0.15, 0.2) is 64.4 Å². The fourth-order valence-corrected chi connectivity index (χ4v) is 5.57. The van der Waals surface area contributed by atoms with Gasteiger partial charge < -0.3 is 9.47 Å². The number of nitrogens with zero attached hydrogens (tertiary/aromatic N) is 1. The predicted molar refractivity (Wildman–Crippen MR) is 137 cm³/mol. The van der Waals surface area contributed by atoms with E-state index in [0.29, 0.717) is 44.2 Å². The summed E-state index contributed by atoms with van der Waals surface area (Å²) in [6, 6.07) is 11.8. The van der Waals surface area contributed by atoms with E-state index >= 15 is 0 Å². The van der Waals surface area contributed by atoms with Crippen LogP contribution in [0.5, 0.6) is 5.75 Å². The van der Waals surface area contributed by atoms with Crippen molar-refractivity contribution in [3.8, 4) is 5.75 Å². The summed E-state index contributed by atoms with van der Waals surface area (Å²) in [7, 11) is -7.54. The second-order valence-corrected chi connectivity index (χ2v) is 11.4. The van der Waals surface area contributed by atoms with Crippen LogP contribution in [0.3, 0.4) is 0 Å². The molecule has 1 amide bonds. The average Bonchev–Trinajstić information content (AvgIpc) is 2.88. The molecule has 0 saturated carbocycles. The molecule has 0 aromatic heterocycles. The van der Waals surface area contributed by atoms with E-state index in [1.54, 1.807) is 12.1 Å². The van der Waals surface area contributed by atoms with Crippen molar-refractivity contribution in [2.45, 2.75) is 16.7 Å². The number of carbonyl (C=O) groups is 1. The molecule has 0 atom stereocenters. The maximum absolute atomic E-state index is 12.7. The molecule has 1 aliphatic rings. The van der Waals surface area contributed by atoms with Crippen LogP contribution >= 0.6 is 12.2 Å². The first-order valence-corrected chi connectivity index (χ1v) is 14.2. The molecule has 2 aromatic carbocycles. The van der Waals surface area contributed by atoms with Gasteiger partial charge in [-0.1, -0.05) is 12.1 Å². The highest BCUT2D eigenvalue weighted by Gasteiger charge is 2.26. The fraction of sp³-hybridized carbons (Fsp3) is 0.273. The van der Waals surface area contributed by atoms with Crippen molar-refractivity contribution in [3.63, 3.8) is 0 Å². The van der Waals surface area contributed by atoms with E-state index in [9.17, 15) is 21.6 Å². The second-order valence-electron chi connectivity index (χ2n) is 7.37. The number of ether oxygens (including phenoxy) is 2. The second kappa shape index (κ2) is 12.4. The minimum Gasteiger partial charge on any atom is -0.494 e. The average molecular weight is 555 g/mol. The lowest BCUT2D eigenvalue weighted by Crippen LogP contribution is -2.48. The summed E-state index contributed by atoms with van der Waals surface area (Å²) in [6.07, 6.45) is 2.65. The number of thiocarbonyl (C=S) groups is 1. The summed E-state index contributed by atoms with van der Waals surface area (Å²) >= 11 is 4.95. The molecular formula is C22H26N4O7S3. The molecule has 3 N–H and O–H groups in total. The van der Waals surface area contributed by atoms with Gasteiger partial charge in [0.1, 0.15) is 5.75 Å². The number of sulfonamides is 2. The summed E-state index contributed by atoms with van der Waals surface area (Å²) < 4.78 is 61.9. The van der Waals surface area contributed by atoms with E-state index in [-0.39, 0.29) is 14.9 Å². The van der Waals surface area contributed by atoms with Crippen LogP contribution in [-0.2, 0) is 29.6 Å². The summed E-state index contributed by atoms with van der Waals surface area (Å²) in [5.74, 6) is -0.0786. The first kappa shape index (κ1) is 27.7. The first-order valence-electron chi connectivity index (χ1n) is 10.8. The Morgan fingerprint density at radius 3 is 2.25 bits per heavy atom. The SMILES string of the molecule is CCOc1ccc(S(=O)(=O)NNC(=S)NC(=O)C=Cc2ccc(S(=O)(=O)N3CCOCC3)cc2)cc1. The number of nitrogens with one attached hydrogen (secondary N) is 3. The van der Waals surface area contributed by atoms with Crippen LogP contribution in [0.25, 0.3) is 6.08 Å². The lowest BCUT2D eigenvalue weighted by Gasteiger charge is -2.26. The normalized spacial score (nSPS) is 14.9. The number of hydrogen-bond donors (Lipinski definition) is 3. The minimum absolute atomic E-state index is 0.0217. The molecule has 3 rings (SSSR count). The van der Waals surface area contributed by atoms with Gasteiger partial charge in [0, 0.05) is 19.2 Å². The summed E-state index contributed by atoms with van der Waals surface area (Å²) in [5, 5.41) is 2.05. The molecule has 36 heavy (non-hydrogen) atoms. The highest BCUT2D eigenvalue weighted by Crippen LogP contribution is 2.18. The third kappa shape index (κ3) is 7.56. The Hall–Kier alpha value is -2.88. The zero-order valence-corrected chi connectivity index (χ0v) is 21.8. The highest BCUT2D eigenvalue weighted by atomic mass is 32.2. The molecule has 14 heteroatoms. The molecule has 1 saturated heterocycles. The maximum atomic E-state index is 12.7. The third-order valence-electron chi connectivity index (χ3n) is 4.90. The number of hydrogen-bond acceptors (Lipinski definition) is 8. The van der Waals surface area contributed by atoms with Crippen molar-refractivity contribution in [1.29, 1.82) is 0 Å². The molecule has 194 valence electrons. The number of rotatable bonds is 9. The van der Waals surface area contributed by atoms with Crippen molar-refractivity contribution in [2.75, 3.05) is 32.9 Å². The fourth-order valence-electron chi connectivity index (χ4n) is 3.10. The number of carbonyl (C=O) groups excluding carboxylic acids is 1. The topological polar surface area (TPSA) is 143 Å². The first-order chi connectivity index (χ1) is 17.1. The Labute approximate surface area is 215 Å². The Morgan fingerprint density at radius 1 is 1.03 bits per heavy atom. The van der Waals surface area contributed by atoms with E-state index in [2.05, 4.69) is 15.6 Å². The Morgan fingerprint density at radius 2 is 1.64 bits per heavy atom. The Bertz CT molecular complexity index is 1300. The van der Waals surface area contributed by atoms with E-state index in [1.807, 2.05) is 6.92 Å². The minimum atomic E-state index is -3.94. The lowest BCUT2D eigenvalue weighted by molar-refractivity contribution is -0.115. The van der Waals surface area contributed by atoms with Crippen molar-refractivity contribution in [1.82, 2.24) is 19.9 Å². The van der Waals surface area contributed by atoms with Crippen LogP contribution in [0.2, 0.25) is 0 Å². The van der Waals surface area contributed by atoms with Crippen molar-refractivity contribution in [2.24, 2.45) is 0 Å². The van der Waals surface area contributed by atoms with Gasteiger partial charge in [-0.25, -0.2) is 16.8 Å². The van der Waals surface area contributed by atoms with Crippen LogP contribution in [0, 0.1) is 0 Å². The number of hydrazine groups is 1. The zero-order valence-electron chi connectivity index (χ0n) is 19.3. The number of morpholine rings is 1. The highest BCUT2D eigenvalue weighted by molar-refractivity contribution is 7.89. The van der Waals surface area contributed by atoms with E-state index in [0.717, 1.165) is 0 Å². The molecule has 2 aromatic rings. The number of amides is 1. The van der Waals surface area contributed by atoms with Crippen LogP contribution in [0.4, 0.5) is 0 Å².